The lowest BCUT2D eigenvalue weighted by molar-refractivity contribution is 0.387. The lowest BCUT2D eigenvalue weighted by Gasteiger charge is -2.02. The summed E-state index contributed by atoms with van der Waals surface area (Å²) < 4.78 is 4.91. The van der Waals surface area contributed by atoms with Crippen LogP contribution in [0.3, 0.4) is 0 Å². The molecule has 0 fully saturated rings. The molecule has 0 aliphatic carbocycles. The average Bonchev–Trinajstić information content (AvgIpc) is 2.73. The van der Waals surface area contributed by atoms with Gasteiger partial charge in [0.15, 0.2) is 5.82 Å². The van der Waals surface area contributed by atoms with Crippen molar-refractivity contribution >= 4 is 0 Å². The van der Waals surface area contributed by atoms with Crippen LogP contribution in [0.5, 0.6) is 0 Å². The van der Waals surface area contributed by atoms with Crippen molar-refractivity contribution in [1.82, 2.24) is 15.5 Å². The number of nitrogens with one attached hydrogen (secondary N) is 1. The first-order valence-electron chi connectivity index (χ1n) is 6.83. The Morgan fingerprint density at radius 3 is 2.53 bits per heavy atom. The van der Waals surface area contributed by atoms with E-state index in [1.807, 2.05) is 6.92 Å². The molecule has 1 rings (SSSR count). The Balaban J connectivity index is 1.84. The third-order valence-electron chi connectivity index (χ3n) is 2.80. The van der Waals surface area contributed by atoms with Crippen molar-refractivity contribution in [2.24, 2.45) is 0 Å². The van der Waals surface area contributed by atoms with Crippen LogP contribution in [0.1, 0.15) is 57.2 Å². The van der Waals surface area contributed by atoms with Crippen LogP contribution in [0.2, 0.25) is 0 Å². The Bertz CT molecular complexity index is 286. The predicted molar refractivity (Wildman–Crippen MR) is 69.0 cm³/mol. The third kappa shape index (κ3) is 7.10. The highest BCUT2D eigenvalue weighted by atomic mass is 16.5. The van der Waals surface area contributed by atoms with Crippen LogP contribution in [0.15, 0.2) is 4.52 Å². The summed E-state index contributed by atoms with van der Waals surface area (Å²) in [5.41, 5.74) is 0. The molecule has 1 aromatic rings. The monoisotopic (exact) mass is 239 g/mol. The Morgan fingerprint density at radius 2 is 1.82 bits per heavy atom. The van der Waals surface area contributed by atoms with Crippen molar-refractivity contribution < 1.29 is 4.52 Å². The molecule has 98 valence electrons. The molecule has 0 bridgehead atoms. The van der Waals surface area contributed by atoms with Gasteiger partial charge in [0.25, 0.3) is 0 Å². The zero-order valence-corrected chi connectivity index (χ0v) is 11.2. The largest absolute Gasteiger partial charge is 0.340 e. The molecule has 0 aliphatic heterocycles. The SMILES string of the molecule is CCCCCCCCNCCc1noc(C)n1. The minimum atomic E-state index is 0.649. The van der Waals surface area contributed by atoms with Crippen molar-refractivity contribution in [2.75, 3.05) is 13.1 Å². The number of rotatable bonds is 10. The molecule has 1 aromatic heterocycles. The number of hydrogen-bond donors (Lipinski definition) is 1. The maximum Gasteiger partial charge on any atom is 0.223 e. The summed E-state index contributed by atoms with van der Waals surface area (Å²) in [5, 5.41) is 7.27. The standard InChI is InChI=1S/C13H25N3O/c1-3-4-5-6-7-8-10-14-11-9-13-15-12(2)17-16-13/h14H,3-11H2,1-2H3. The summed E-state index contributed by atoms with van der Waals surface area (Å²) in [4.78, 5) is 4.16. The lowest BCUT2D eigenvalue weighted by Crippen LogP contribution is -2.18. The number of hydrogen-bond acceptors (Lipinski definition) is 4. The second kappa shape index (κ2) is 9.16. The number of aryl methyl sites for hydroxylation is 1. The quantitative estimate of drug-likeness (QED) is 0.638. The maximum atomic E-state index is 4.91. The summed E-state index contributed by atoms with van der Waals surface area (Å²) >= 11 is 0. The van der Waals surface area contributed by atoms with E-state index in [2.05, 4.69) is 22.4 Å². The zero-order chi connectivity index (χ0) is 12.3. The van der Waals surface area contributed by atoms with Gasteiger partial charge < -0.3 is 9.84 Å². The molecule has 0 saturated heterocycles. The van der Waals surface area contributed by atoms with Crippen LogP contribution in [0.4, 0.5) is 0 Å². The van der Waals surface area contributed by atoms with Gasteiger partial charge in [0.05, 0.1) is 0 Å². The molecule has 1 N–H and O–H groups in total. The molecule has 0 aliphatic rings. The zero-order valence-electron chi connectivity index (χ0n) is 11.2. The van der Waals surface area contributed by atoms with Gasteiger partial charge in [0.2, 0.25) is 5.89 Å². The average molecular weight is 239 g/mol. The van der Waals surface area contributed by atoms with Gasteiger partial charge in [-0.05, 0) is 13.0 Å². The Morgan fingerprint density at radius 1 is 1.06 bits per heavy atom. The molecular formula is C13H25N3O. The molecule has 0 spiro atoms. The molecule has 4 nitrogen and oxygen atoms in total. The van der Waals surface area contributed by atoms with E-state index in [1.165, 1.54) is 38.5 Å². The van der Waals surface area contributed by atoms with E-state index in [9.17, 15) is 0 Å². The van der Waals surface area contributed by atoms with Crippen molar-refractivity contribution in [3.05, 3.63) is 11.7 Å². The van der Waals surface area contributed by atoms with Crippen LogP contribution < -0.4 is 5.32 Å². The fraction of sp³-hybridized carbons (Fsp3) is 0.846. The highest BCUT2D eigenvalue weighted by Crippen LogP contribution is 2.04. The first kappa shape index (κ1) is 14.2. The smallest absolute Gasteiger partial charge is 0.223 e. The Labute approximate surface area is 104 Å². The summed E-state index contributed by atoms with van der Waals surface area (Å²) in [6.07, 6.45) is 8.93. The molecule has 0 radical (unpaired) electrons. The van der Waals surface area contributed by atoms with Crippen LogP contribution >= 0.6 is 0 Å². The Hall–Kier alpha value is -0.900. The number of unbranched alkanes of at least 4 members (excludes halogenated alkanes) is 5. The van der Waals surface area contributed by atoms with Gasteiger partial charge in [-0.1, -0.05) is 44.2 Å². The van der Waals surface area contributed by atoms with E-state index >= 15 is 0 Å². The second-order valence-corrected chi connectivity index (χ2v) is 4.50. The van der Waals surface area contributed by atoms with Crippen molar-refractivity contribution in [3.8, 4) is 0 Å². The molecule has 0 atom stereocenters. The van der Waals surface area contributed by atoms with Gasteiger partial charge in [0.1, 0.15) is 0 Å². The first-order chi connectivity index (χ1) is 8.33. The fourth-order valence-corrected chi connectivity index (χ4v) is 1.80. The van der Waals surface area contributed by atoms with Gasteiger partial charge in [-0.15, -0.1) is 0 Å². The van der Waals surface area contributed by atoms with Gasteiger partial charge in [-0.2, -0.15) is 4.98 Å². The molecule has 0 aromatic carbocycles. The second-order valence-electron chi connectivity index (χ2n) is 4.50. The third-order valence-corrected chi connectivity index (χ3v) is 2.80. The molecule has 0 saturated carbocycles. The van der Waals surface area contributed by atoms with Gasteiger partial charge in [-0.3, -0.25) is 0 Å². The minimum absolute atomic E-state index is 0.649. The molecule has 4 heteroatoms. The topological polar surface area (TPSA) is 51.0 Å². The van der Waals surface area contributed by atoms with Crippen LogP contribution in [-0.2, 0) is 6.42 Å². The molecular weight excluding hydrogens is 214 g/mol. The van der Waals surface area contributed by atoms with Crippen LogP contribution in [-0.4, -0.2) is 23.2 Å². The summed E-state index contributed by atoms with van der Waals surface area (Å²) in [6, 6.07) is 0. The summed E-state index contributed by atoms with van der Waals surface area (Å²) in [7, 11) is 0. The number of aromatic nitrogens is 2. The normalized spacial score (nSPS) is 10.9. The first-order valence-corrected chi connectivity index (χ1v) is 6.83. The molecule has 17 heavy (non-hydrogen) atoms. The van der Waals surface area contributed by atoms with Gasteiger partial charge in [-0.25, -0.2) is 0 Å². The summed E-state index contributed by atoms with van der Waals surface area (Å²) in [6.45, 7) is 6.11. The molecule has 1 heterocycles. The van der Waals surface area contributed by atoms with Crippen molar-refractivity contribution in [2.45, 2.75) is 58.8 Å². The van der Waals surface area contributed by atoms with Gasteiger partial charge in [0, 0.05) is 19.9 Å². The Kier molecular flexibility index (Phi) is 7.63. The van der Waals surface area contributed by atoms with E-state index in [0.717, 1.165) is 25.3 Å². The minimum Gasteiger partial charge on any atom is -0.340 e. The van der Waals surface area contributed by atoms with Crippen molar-refractivity contribution in [3.63, 3.8) is 0 Å². The van der Waals surface area contributed by atoms with E-state index < -0.39 is 0 Å². The van der Waals surface area contributed by atoms with E-state index in [4.69, 9.17) is 4.52 Å². The molecule has 0 unspecified atom stereocenters. The van der Waals surface area contributed by atoms with E-state index in [0.29, 0.717) is 5.89 Å². The van der Waals surface area contributed by atoms with E-state index in [1.54, 1.807) is 0 Å². The lowest BCUT2D eigenvalue weighted by atomic mass is 10.1. The van der Waals surface area contributed by atoms with Crippen molar-refractivity contribution in [1.29, 1.82) is 0 Å². The van der Waals surface area contributed by atoms with Gasteiger partial charge >= 0.3 is 0 Å². The summed E-state index contributed by atoms with van der Waals surface area (Å²) in [5.74, 6) is 1.45. The molecule has 0 amide bonds. The fourth-order valence-electron chi connectivity index (χ4n) is 1.80. The predicted octanol–water partition coefficient (Wildman–Crippen LogP) is 2.87. The van der Waals surface area contributed by atoms with Crippen LogP contribution in [0.25, 0.3) is 0 Å². The maximum absolute atomic E-state index is 4.91. The highest BCUT2D eigenvalue weighted by Gasteiger charge is 2.00. The van der Waals surface area contributed by atoms with E-state index in [-0.39, 0.29) is 0 Å². The highest BCUT2D eigenvalue weighted by molar-refractivity contribution is 4.84. The van der Waals surface area contributed by atoms with Crippen LogP contribution in [0, 0.1) is 6.92 Å². The number of nitrogens with zero attached hydrogens (tertiary/aromatic N) is 2.